The molecule has 0 aliphatic carbocycles. The molecule has 3 heterocycles. The van der Waals surface area contributed by atoms with E-state index in [0.717, 1.165) is 38.7 Å². The second-order valence-corrected chi connectivity index (χ2v) is 8.13. The van der Waals surface area contributed by atoms with Crippen molar-refractivity contribution >= 4 is 11.8 Å². The van der Waals surface area contributed by atoms with E-state index < -0.39 is 0 Å². The van der Waals surface area contributed by atoms with Crippen LogP contribution in [0.15, 0.2) is 0 Å². The normalized spacial score (nSPS) is 21.4. The lowest BCUT2D eigenvalue weighted by atomic mass is 9.96. The van der Waals surface area contributed by atoms with Gasteiger partial charge in [0.2, 0.25) is 0 Å². The van der Waals surface area contributed by atoms with Crippen LogP contribution in [0.3, 0.4) is 0 Å². The third-order valence-electron chi connectivity index (χ3n) is 5.18. The zero-order valence-electron chi connectivity index (χ0n) is 15.1. The molecule has 0 N–H and O–H groups in total. The van der Waals surface area contributed by atoms with E-state index in [-0.39, 0.29) is 0 Å². The number of nitrogens with zero attached hydrogens (tertiary/aromatic N) is 5. The van der Waals surface area contributed by atoms with E-state index in [2.05, 4.69) is 38.5 Å². The van der Waals surface area contributed by atoms with E-state index in [4.69, 9.17) is 4.74 Å². The van der Waals surface area contributed by atoms with Gasteiger partial charge in [-0.3, -0.25) is 4.90 Å². The van der Waals surface area contributed by atoms with Crippen LogP contribution in [0, 0.1) is 0 Å². The predicted octanol–water partition coefficient (Wildman–Crippen LogP) is 1.58. The first-order valence-corrected chi connectivity index (χ1v) is 10.4. The van der Waals surface area contributed by atoms with Crippen LogP contribution < -0.4 is 0 Å². The Kier molecular flexibility index (Phi) is 6.95. The number of morpholine rings is 1. The summed E-state index contributed by atoms with van der Waals surface area (Å²) in [4.78, 5) is 5.01. The number of hydrogen-bond donors (Lipinski definition) is 0. The van der Waals surface area contributed by atoms with Crippen LogP contribution in [0.25, 0.3) is 0 Å². The molecule has 2 aliphatic heterocycles. The fourth-order valence-corrected chi connectivity index (χ4v) is 4.26. The Balaban J connectivity index is 1.50. The standard InChI is InChI=1S/C17H31N5OS/c1-3-24-13-10-21-6-4-15(5-7-21)17-19-18-16(20(17)2)14-22-8-11-23-12-9-22/h15H,3-14H2,1-2H3. The van der Waals surface area contributed by atoms with Crippen molar-refractivity contribution in [3.63, 3.8) is 0 Å². The summed E-state index contributed by atoms with van der Waals surface area (Å²) in [5.41, 5.74) is 0. The molecule has 3 rings (SSSR count). The van der Waals surface area contributed by atoms with Crippen molar-refractivity contribution in [1.29, 1.82) is 0 Å². The molecule has 0 amide bonds. The lowest BCUT2D eigenvalue weighted by Gasteiger charge is -2.31. The average Bonchev–Trinajstić information content (AvgIpc) is 2.97. The first-order valence-electron chi connectivity index (χ1n) is 9.26. The van der Waals surface area contributed by atoms with Crippen molar-refractivity contribution in [2.24, 2.45) is 7.05 Å². The second kappa shape index (κ2) is 9.17. The Morgan fingerprint density at radius 1 is 1.08 bits per heavy atom. The lowest BCUT2D eigenvalue weighted by Crippen LogP contribution is -2.36. The maximum atomic E-state index is 5.42. The highest BCUT2D eigenvalue weighted by Crippen LogP contribution is 2.27. The molecule has 0 bridgehead atoms. The Morgan fingerprint density at radius 3 is 2.54 bits per heavy atom. The van der Waals surface area contributed by atoms with Gasteiger partial charge in [-0.25, -0.2) is 0 Å². The van der Waals surface area contributed by atoms with Gasteiger partial charge in [-0.2, -0.15) is 11.8 Å². The van der Waals surface area contributed by atoms with Gasteiger partial charge in [0, 0.05) is 38.4 Å². The molecular formula is C17H31N5OS. The van der Waals surface area contributed by atoms with Crippen molar-refractivity contribution in [2.45, 2.75) is 32.2 Å². The van der Waals surface area contributed by atoms with Gasteiger partial charge in [-0.1, -0.05) is 6.92 Å². The lowest BCUT2D eigenvalue weighted by molar-refractivity contribution is 0.0326. The van der Waals surface area contributed by atoms with Crippen LogP contribution in [0.2, 0.25) is 0 Å². The van der Waals surface area contributed by atoms with Crippen molar-refractivity contribution in [3.05, 3.63) is 11.6 Å². The van der Waals surface area contributed by atoms with Crippen LogP contribution in [-0.2, 0) is 18.3 Å². The average molecular weight is 354 g/mol. The molecular weight excluding hydrogens is 322 g/mol. The molecule has 1 aromatic heterocycles. The maximum Gasteiger partial charge on any atom is 0.146 e. The van der Waals surface area contributed by atoms with Gasteiger partial charge in [0.1, 0.15) is 11.6 Å². The summed E-state index contributed by atoms with van der Waals surface area (Å²) >= 11 is 2.04. The van der Waals surface area contributed by atoms with Gasteiger partial charge in [0.15, 0.2) is 0 Å². The number of piperidine rings is 1. The quantitative estimate of drug-likeness (QED) is 0.694. The van der Waals surface area contributed by atoms with Crippen molar-refractivity contribution < 1.29 is 4.74 Å². The van der Waals surface area contributed by atoms with Crippen LogP contribution in [-0.4, -0.2) is 82.0 Å². The van der Waals surface area contributed by atoms with E-state index in [1.807, 2.05) is 11.8 Å². The number of likely N-dealkylation sites (tertiary alicyclic amines) is 1. The highest BCUT2D eigenvalue weighted by Gasteiger charge is 2.25. The maximum absolute atomic E-state index is 5.42. The molecule has 0 aromatic carbocycles. The molecule has 0 unspecified atom stereocenters. The summed E-state index contributed by atoms with van der Waals surface area (Å²) in [5.74, 6) is 5.32. The molecule has 2 saturated heterocycles. The van der Waals surface area contributed by atoms with Crippen LogP contribution >= 0.6 is 11.8 Å². The zero-order chi connectivity index (χ0) is 16.8. The third-order valence-corrected chi connectivity index (χ3v) is 6.06. The molecule has 0 spiro atoms. The molecule has 136 valence electrons. The Morgan fingerprint density at radius 2 is 1.83 bits per heavy atom. The molecule has 24 heavy (non-hydrogen) atoms. The Hall–Kier alpha value is -0.630. The summed E-state index contributed by atoms with van der Waals surface area (Å²) in [5, 5.41) is 9.02. The minimum absolute atomic E-state index is 0.566. The van der Waals surface area contributed by atoms with Gasteiger partial charge < -0.3 is 14.2 Å². The van der Waals surface area contributed by atoms with Gasteiger partial charge in [0.05, 0.1) is 19.8 Å². The summed E-state index contributed by atoms with van der Waals surface area (Å²) in [6.45, 7) is 10.4. The molecule has 0 radical (unpaired) electrons. The smallest absolute Gasteiger partial charge is 0.146 e. The number of aromatic nitrogens is 3. The first-order chi connectivity index (χ1) is 11.8. The molecule has 7 heteroatoms. The highest BCUT2D eigenvalue weighted by atomic mass is 32.2. The SMILES string of the molecule is CCSCCN1CCC(c2nnc(CN3CCOCC3)n2C)CC1. The number of ether oxygens (including phenoxy) is 1. The number of thioether (sulfide) groups is 1. The van der Waals surface area contributed by atoms with Gasteiger partial charge in [-0.05, 0) is 31.7 Å². The van der Waals surface area contributed by atoms with Gasteiger partial charge in [-0.15, -0.1) is 10.2 Å². The van der Waals surface area contributed by atoms with Crippen molar-refractivity contribution in [1.82, 2.24) is 24.6 Å². The van der Waals surface area contributed by atoms with E-state index in [9.17, 15) is 0 Å². The Bertz CT molecular complexity index is 495. The van der Waals surface area contributed by atoms with Crippen LogP contribution in [0.5, 0.6) is 0 Å². The fraction of sp³-hybridized carbons (Fsp3) is 0.882. The van der Waals surface area contributed by atoms with Crippen molar-refractivity contribution in [2.75, 3.05) is 57.4 Å². The van der Waals surface area contributed by atoms with E-state index in [0.29, 0.717) is 5.92 Å². The van der Waals surface area contributed by atoms with Crippen molar-refractivity contribution in [3.8, 4) is 0 Å². The molecule has 1 aromatic rings. The van der Waals surface area contributed by atoms with Crippen LogP contribution in [0.4, 0.5) is 0 Å². The topological polar surface area (TPSA) is 46.4 Å². The van der Waals surface area contributed by atoms with E-state index in [1.54, 1.807) is 0 Å². The predicted molar refractivity (Wildman–Crippen MR) is 98.5 cm³/mol. The first kappa shape index (κ1) is 18.2. The third kappa shape index (κ3) is 4.71. The van der Waals surface area contributed by atoms with Gasteiger partial charge in [0.25, 0.3) is 0 Å². The van der Waals surface area contributed by atoms with E-state index in [1.165, 1.54) is 49.8 Å². The highest BCUT2D eigenvalue weighted by molar-refractivity contribution is 7.99. The molecule has 0 atom stereocenters. The molecule has 6 nitrogen and oxygen atoms in total. The second-order valence-electron chi connectivity index (χ2n) is 6.73. The summed E-state index contributed by atoms with van der Waals surface area (Å²) in [6.07, 6.45) is 2.42. The Labute approximate surface area is 149 Å². The number of rotatable bonds is 7. The van der Waals surface area contributed by atoms with E-state index >= 15 is 0 Å². The minimum Gasteiger partial charge on any atom is -0.379 e. The fourth-order valence-electron chi connectivity index (χ4n) is 3.58. The summed E-state index contributed by atoms with van der Waals surface area (Å²) < 4.78 is 7.66. The summed E-state index contributed by atoms with van der Waals surface area (Å²) in [6, 6.07) is 0. The van der Waals surface area contributed by atoms with Crippen LogP contribution in [0.1, 0.15) is 37.3 Å². The minimum atomic E-state index is 0.566. The number of hydrogen-bond acceptors (Lipinski definition) is 6. The molecule has 2 aliphatic rings. The van der Waals surface area contributed by atoms with Gasteiger partial charge >= 0.3 is 0 Å². The molecule has 0 saturated carbocycles. The molecule has 2 fully saturated rings. The zero-order valence-corrected chi connectivity index (χ0v) is 15.9. The summed E-state index contributed by atoms with van der Waals surface area (Å²) in [7, 11) is 2.13. The monoisotopic (exact) mass is 353 g/mol. The largest absolute Gasteiger partial charge is 0.379 e.